The molecule has 128 valence electrons. The minimum absolute atomic E-state index is 0.0934. The molecule has 6 nitrogen and oxygen atoms in total. The summed E-state index contributed by atoms with van der Waals surface area (Å²) < 4.78 is 5.69. The number of hydrogen-bond donors (Lipinski definition) is 2. The van der Waals surface area contributed by atoms with Gasteiger partial charge in [-0.25, -0.2) is 0 Å². The number of rotatable bonds is 8. The summed E-state index contributed by atoms with van der Waals surface area (Å²) in [5.41, 5.74) is 0.553. The molecule has 0 aliphatic carbocycles. The molecule has 2 N–H and O–H groups in total. The van der Waals surface area contributed by atoms with E-state index in [4.69, 9.17) is 10.00 Å². The van der Waals surface area contributed by atoms with Crippen LogP contribution in [0.1, 0.15) is 16.8 Å². The van der Waals surface area contributed by atoms with Crippen molar-refractivity contribution in [1.29, 1.82) is 5.26 Å². The van der Waals surface area contributed by atoms with Crippen LogP contribution in [-0.2, 0) is 4.79 Å². The Balaban J connectivity index is 1.92. The molecule has 0 saturated heterocycles. The lowest BCUT2D eigenvalue weighted by atomic mass is 10.2. The molecule has 0 fully saturated rings. The Morgan fingerprint density at radius 3 is 2.28 bits per heavy atom. The fraction of sp³-hybridized carbons (Fsp3) is 0.211. The van der Waals surface area contributed by atoms with Crippen molar-refractivity contribution in [3.63, 3.8) is 0 Å². The SMILES string of the molecule is N#CCNC(=O)C(CCNC(=O)c1ccccc1)Oc1ccccc1. The van der Waals surface area contributed by atoms with Crippen LogP contribution >= 0.6 is 0 Å². The van der Waals surface area contributed by atoms with Gasteiger partial charge in [-0.3, -0.25) is 9.59 Å². The zero-order valence-electron chi connectivity index (χ0n) is 13.6. The van der Waals surface area contributed by atoms with E-state index in [1.165, 1.54) is 0 Å². The first-order valence-corrected chi connectivity index (χ1v) is 7.90. The molecule has 2 rings (SSSR count). The van der Waals surface area contributed by atoms with Gasteiger partial charge in [0, 0.05) is 18.5 Å². The van der Waals surface area contributed by atoms with Crippen LogP contribution in [0.15, 0.2) is 60.7 Å². The molecule has 0 radical (unpaired) electrons. The van der Waals surface area contributed by atoms with Gasteiger partial charge >= 0.3 is 0 Å². The Labute approximate surface area is 146 Å². The first-order valence-electron chi connectivity index (χ1n) is 7.90. The average molecular weight is 337 g/mol. The fourth-order valence-electron chi connectivity index (χ4n) is 2.16. The number of amides is 2. The first-order chi connectivity index (χ1) is 12.2. The van der Waals surface area contributed by atoms with Crippen molar-refractivity contribution in [1.82, 2.24) is 10.6 Å². The van der Waals surface area contributed by atoms with E-state index in [9.17, 15) is 9.59 Å². The van der Waals surface area contributed by atoms with E-state index in [0.29, 0.717) is 11.3 Å². The lowest BCUT2D eigenvalue weighted by Crippen LogP contribution is -2.41. The molecule has 0 aromatic heterocycles. The minimum Gasteiger partial charge on any atom is -0.481 e. The second-order valence-corrected chi connectivity index (χ2v) is 5.21. The molecule has 2 amide bonds. The van der Waals surface area contributed by atoms with Crippen molar-refractivity contribution >= 4 is 11.8 Å². The molecule has 6 heteroatoms. The third-order valence-electron chi connectivity index (χ3n) is 3.38. The van der Waals surface area contributed by atoms with E-state index in [1.54, 1.807) is 48.5 Å². The molecule has 1 atom stereocenters. The zero-order chi connectivity index (χ0) is 17.9. The summed E-state index contributed by atoms with van der Waals surface area (Å²) in [6, 6.07) is 19.6. The molecule has 0 aliphatic heterocycles. The summed E-state index contributed by atoms with van der Waals surface area (Å²) >= 11 is 0. The Kier molecular flexibility index (Phi) is 7.01. The molecular formula is C19H19N3O3. The summed E-state index contributed by atoms with van der Waals surface area (Å²) in [4.78, 5) is 24.2. The van der Waals surface area contributed by atoms with Crippen LogP contribution in [0.25, 0.3) is 0 Å². The number of nitrogens with zero attached hydrogens (tertiary/aromatic N) is 1. The summed E-state index contributed by atoms with van der Waals surface area (Å²) in [6.07, 6.45) is -0.517. The second-order valence-electron chi connectivity index (χ2n) is 5.21. The van der Waals surface area contributed by atoms with Crippen LogP contribution in [0, 0.1) is 11.3 Å². The quantitative estimate of drug-likeness (QED) is 0.720. The zero-order valence-corrected chi connectivity index (χ0v) is 13.6. The predicted octanol–water partition coefficient (Wildman–Crippen LogP) is 1.89. The highest BCUT2D eigenvalue weighted by Gasteiger charge is 2.20. The monoisotopic (exact) mass is 337 g/mol. The Morgan fingerprint density at radius 2 is 1.64 bits per heavy atom. The fourth-order valence-corrected chi connectivity index (χ4v) is 2.16. The predicted molar refractivity (Wildman–Crippen MR) is 92.9 cm³/mol. The first kappa shape index (κ1) is 18.0. The highest BCUT2D eigenvalue weighted by atomic mass is 16.5. The smallest absolute Gasteiger partial charge is 0.261 e. The molecule has 2 aromatic rings. The van der Waals surface area contributed by atoms with Crippen molar-refractivity contribution in [3.05, 3.63) is 66.2 Å². The van der Waals surface area contributed by atoms with Crippen molar-refractivity contribution in [2.45, 2.75) is 12.5 Å². The number of nitrogens with one attached hydrogen (secondary N) is 2. The standard InChI is InChI=1S/C19H19N3O3/c20-12-14-22-19(24)17(25-16-9-5-2-6-10-16)11-13-21-18(23)15-7-3-1-4-8-15/h1-10,17H,11,13-14H2,(H,21,23)(H,22,24). The van der Waals surface area contributed by atoms with Crippen LogP contribution in [0.3, 0.4) is 0 Å². The van der Waals surface area contributed by atoms with Gasteiger partial charge in [-0.05, 0) is 24.3 Å². The molecule has 0 spiro atoms. The Bertz CT molecular complexity index is 727. The third-order valence-corrected chi connectivity index (χ3v) is 3.38. The van der Waals surface area contributed by atoms with Crippen LogP contribution in [0.2, 0.25) is 0 Å². The summed E-state index contributed by atoms with van der Waals surface area (Å²) in [5.74, 6) is -0.0511. The molecular weight excluding hydrogens is 318 g/mol. The highest BCUT2D eigenvalue weighted by molar-refractivity contribution is 5.94. The number of hydrogen-bond acceptors (Lipinski definition) is 4. The van der Waals surface area contributed by atoms with E-state index in [2.05, 4.69) is 10.6 Å². The van der Waals surface area contributed by atoms with Crippen LogP contribution in [-0.4, -0.2) is 31.0 Å². The van der Waals surface area contributed by atoms with Crippen molar-refractivity contribution in [3.8, 4) is 11.8 Å². The second kappa shape index (κ2) is 9.73. The van der Waals surface area contributed by atoms with Crippen molar-refractivity contribution in [2.24, 2.45) is 0 Å². The number of para-hydroxylation sites is 1. The summed E-state index contributed by atoms with van der Waals surface area (Å²) in [7, 11) is 0. The summed E-state index contributed by atoms with van der Waals surface area (Å²) in [6.45, 7) is 0.176. The average Bonchev–Trinajstić information content (AvgIpc) is 2.66. The maximum Gasteiger partial charge on any atom is 0.261 e. The van der Waals surface area contributed by atoms with E-state index >= 15 is 0 Å². The van der Waals surface area contributed by atoms with E-state index in [0.717, 1.165) is 0 Å². The topological polar surface area (TPSA) is 91.2 Å². The minimum atomic E-state index is -0.799. The lowest BCUT2D eigenvalue weighted by Gasteiger charge is -2.18. The molecule has 25 heavy (non-hydrogen) atoms. The van der Waals surface area contributed by atoms with Crippen molar-refractivity contribution < 1.29 is 14.3 Å². The van der Waals surface area contributed by atoms with Gasteiger partial charge in [0.1, 0.15) is 12.3 Å². The van der Waals surface area contributed by atoms with Gasteiger partial charge in [0.25, 0.3) is 11.8 Å². The Hall–Kier alpha value is -3.33. The van der Waals surface area contributed by atoms with Crippen LogP contribution < -0.4 is 15.4 Å². The molecule has 0 heterocycles. The number of carbonyl (C=O) groups is 2. The van der Waals surface area contributed by atoms with Gasteiger partial charge in [-0.15, -0.1) is 0 Å². The number of nitriles is 1. The molecule has 0 aliphatic rings. The summed E-state index contributed by atoms with van der Waals surface area (Å²) in [5, 5.41) is 13.8. The highest BCUT2D eigenvalue weighted by Crippen LogP contribution is 2.12. The lowest BCUT2D eigenvalue weighted by molar-refractivity contribution is -0.128. The van der Waals surface area contributed by atoms with Gasteiger partial charge in [-0.1, -0.05) is 36.4 Å². The number of benzene rings is 2. The maximum absolute atomic E-state index is 12.2. The third kappa shape index (κ3) is 5.99. The van der Waals surface area contributed by atoms with Crippen LogP contribution in [0.5, 0.6) is 5.75 Å². The largest absolute Gasteiger partial charge is 0.481 e. The molecule has 2 aromatic carbocycles. The van der Waals surface area contributed by atoms with Crippen molar-refractivity contribution in [2.75, 3.05) is 13.1 Å². The number of carbonyl (C=O) groups excluding carboxylic acids is 2. The maximum atomic E-state index is 12.2. The van der Waals surface area contributed by atoms with Gasteiger partial charge < -0.3 is 15.4 Å². The van der Waals surface area contributed by atoms with Gasteiger partial charge in [-0.2, -0.15) is 5.26 Å². The van der Waals surface area contributed by atoms with Gasteiger partial charge in [0.05, 0.1) is 6.07 Å². The van der Waals surface area contributed by atoms with Gasteiger partial charge in [0.15, 0.2) is 6.10 Å². The molecule has 0 saturated carbocycles. The van der Waals surface area contributed by atoms with E-state index in [-0.39, 0.29) is 31.3 Å². The van der Waals surface area contributed by atoms with Crippen LogP contribution in [0.4, 0.5) is 0 Å². The normalized spacial score (nSPS) is 11.0. The van der Waals surface area contributed by atoms with Gasteiger partial charge in [0.2, 0.25) is 0 Å². The Morgan fingerprint density at radius 1 is 1.00 bits per heavy atom. The van der Waals surface area contributed by atoms with E-state index in [1.807, 2.05) is 18.2 Å². The molecule has 0 bridgehead atoms. The van der Waals surface area contributed by atoms with E-state index < -0.39 is 6.10 Å². The number of ether oxygens (including phenoxy) is 1. The molecule has 1 unspecified atom stereocenters.